The first-order valence-electron chi connectivity index (χ1n) is 6.72. The number of ether oxygens (including phenoxy) is 1. The van der Waals surface area contributed by atoms with Gasteiger partial charge in [-0.15, -0.1) is 0 Å². The summed E-state index contributed by atoms with van der Waals surface area (Å²) in [5.41, 5.74) is -0.942. The van der Waals surface area contributed by atoms with Crippen LogP contribution in [0.2, 0.25) is 0 Å². The minimum absolute atomic E-state index is 0.192. The van der Waals surface area contributed by atoms with Crippen molar-refractivity contribution in [1.82, 2.24) is 15.3 Å². The number of rotatable bonds is 2. The molecule has 2 N–H and O–H groups in total. The topological polar surface area (TPSA) is 67.0 Å². The van der Waals surface area contributed by atoms with Crippen molar-refractivity contribution >= 4 is 0 Å². The molecule has 1 aromatic heterocycles. The van der Waals surface area contributed by atoms with Gasteiger partial charge in [-0.2, -0.15) is 18.2 Å². The second-order valence-electron chi connectivity index (χ2n) is 4.97. The predicted octanol–water partition coefficient (Wildman–Crippen LogP) is 2.37. The Balaban J connectivity index is 2.07. The molecule has 0 amide bonds. The molecule has 0 unspecified atom stereocenters. The molecule has 9 heteroatoms. The zero-order valence-electron chi connectivity index (χ0n) is 11.6. The molecule has 122 valence electrons. The highest BCUT2D eigenvalue weighted by molar-refractivity contribution is 5.41. The summed E-state index contributed by atoms with van der Waals surface area (Å²) in [6.45, 7) is 0.936. The first-order valence-corrected chi connectivity index (χ1v) is 6.72. The summed E-state index contributed by atoms with van der Waals surface area (Å²) in [4.78, 5) is 17.7. The number of aromatic nitrogens is 2. The lowest BCUT2D eigenvalue weighted by molar-refractivity contribution is -0.138. The number of H-pyrrole nitrogens is 1. The Morgan fingerprint density at radius 3 is 2.78 bits per heavy atom. The molecule has 23 heavy (non-hydrogen) atoms. The van der Waals surface area contributed by atoms with Crippen molar-refractivity contribution in [2.24, 2.45) is 0 Å². The van der Waals surface area contributed by atoms with E-state index in [1.54, 1.807) is 0 Å². The standard InChI is InChI=1S/C14H11F4N3O2/c15-7-1-2-11(9(5-7)14(16,17)18)23-12-8-3-4-19-6-10(8)20-13(22)21-12/h1-2,5,19H,3-4,6H2,(H,20,21,22). The number of hydrogen-bond donors (Lipinski definition) is 2. The van der Waals surface area contributed by atoms with Gasteiger partial charge >= 0.3 is 11.9 Å². The fraction of sp³-hybridized carbons (Fsp3) is 0.286. The molecule has 0 fully saturated rings. The molecule has 0 aliphatic carbocycles. The SMILES string of the molecule is O=c1nc(Oc2ccc(F)cc2C(F)(F)F)c2c([nH]1)CNCC2. The number of fused-ring (bicyclic) bond motifs is 1. The maximum absolute atomic E-state index is 13.1. The van der Waals surface area contributed by atoms with Crippen LogP contribution in [0.4, 0.5) is 17.6 Å². The van der Waals surface area contributed by atoms with Crippen LogP contribution < -0.4 is 15.7 Å². The lowest BCUT2D eigenvalue weighted by atomic mass is 10.1. The van der Waals surface area contributed by atoms with Crippen molar-refractivity contribution in [2.45, 2.75) is 19.1 Å². The first-order chi connectivity index (χ1) is 10.8. The Hall–Kier alpha value is -2.42. The zero-order valence-corrected chi connectivity index (χ0v) is 11.6. The fourth-order valence-electron chi connectivity index (χ4n) is 2.36. The Morgan fingerprint density at radius 1 is 1.26 bits per heavy atom. The molecule has 5 nitrogen and oxygen atoms in total. The van der Waals surface area contributed by atoms with Gasteiger partial charge in [-0.1, -0.05) is 0 Å². The van der Waals surface area contributed by atoms with E-state index in [9.17, 15) is 22.4 Å². The van der Waals surface area contributed by atoms with Gasteiger partial charge in [0, 0.05) is 17.8 Å². The number of aromatic amines is 1. The van der Waals surface area contributed by atoms with Gasteiger partial charge in [0.25, 0.3) is 0 Å². The average Bonchev–Trinajstić information content (AvgIpc) is 2.48. The van der Waals surface area contributed by atoms with Crippen LogP contribution in [0.3, 0.4) is 0 Å². The molecule has 2 aromatic rings. The molecule has 1 aromatic carbocycles. The molecule has 0 saturated heterocycles. The third-order valence-electron chi connectivity index (χ3n) is 3.39. The molecule has 0 spiro atoms. The molecule has 1 aliphatic heterocycles. The minimum atomic E-state index is -4.79. The molecule has 0 bridgehead atoms. The molecule has 0 saturated carbocycles. The van der Waals surface area contributed by atoms with Gasteiger partial charge in [-0.3, -0.25) is 0 Å². The minimum Gasteiger partial charge on any atom is -0.438 e. The smallest absolute Gasteiger partial charge is 0.420 e. The van der Waals surface area contributed by atoms with Gasteiger partial charge < -0.3 is 15.0 Å². The normalized spacial score (nSPS) is 14.4. The van der Waals surface area contributed by atoms with Crippen molar-refractivity contribution in [3.8, 4) is 11.6 Å². The van der Waals surface area contributed by atoms with Crippen LogP contribution in [0.1, 0.15) is 16.8 Å². The molecule has 1 aliphatic rings. The summed E-state index contributed by atoms with van der Waals surface area (Å²) in [5, 5.41) is 3.02. The third-order valence-corrected chi connectivity index (χ3v) is 3.39. The number of nitrogens with zero attached hydrogens (tertiary/aromatic N) is 1. The van der Waals surface area contributed by atoms with Gasteiger partial charge in [-0.25, -0.2) is 9.18 Å². The van der Waals surface area contributed by atoms with E-state index in [-0.39, 0.29) is 5.88 Å². The summed E-state index contributed by atoms with van der Waals surface area (Å²) in [5.74, 6) is -1.82. The summed E-state index contributed by atoms with van der Waals surface area (Å²) in [7, 11) is 0. The average molecular weight is 329 g/mol. The van der Waals surface area contributed by atoms with E-state index in [4.69, 9.17) is 4.74 Å². The predicted molar refractivity (Wildman–Crippen MR) is 71.7 cm³/mol. The number of hydrogen-bond acceptors (Lipinski definition) is 4. The van der Waals surface area contributed by atoms with E-state index in [0.29, 0.717) is 36.8 Å². The Kier molecular flexibility index (Phi) is 3.80. The first kappa shape index (κ1) is 15.5. The highest BCUT2D eigenvalue weighted by Crippen LogP contribution is 2.38. The second kappa shape index (κ2) is 5.65. The van der Waals surface area contributed by atoms with Gasteiger partial charge in [-0.05, 0) is 31.2 Å². The quantitative estimate of drug-likeness (QED) is 0.830. The van der Waals surface area contributed by atoms with Crippen molar-refractivity contribution < 1.29 is 22.3 Å². The molecule has 3 rings (SSSR count). The maximum atomic E-state index is 13.1. The molecular formula is C14H11F4N3O2. The van der Waals surface area contributed by atoms with Crippen LogP contribution in [0.5, 0.6) is 11.6 Å². The molecule has 0 atom stereocenters. The van der Waals surface area contributed by atoms with Crippen LogP contribution in [0.25, 0.3) is 0 Å². The van der Waals surface area contributed by atoms with Crippen molar-refractivity contribution in [3.05, 3.63) is 51.3 Å². The highest BCUT2D eigenvalue weighted by atomic mass is 19.4. The van der Waals surface area contributed by atoms with Crippen molar-refractivity contribution in [2.75, 3.05) is 6.54 Å². The van der Waals surface area contributed by atoms with Crippen LogP contribution in [-0.4, -0.2) is 16.5 Å². The van der Waals surface area contributed by atoms with E-state index in [1.807, 2.05) is 0 Å². The summed E-state index contributed by atoms with van der Waals surface area (Å²) in [6, 6.07) is 2.07. The highest BCUT2D eigenvalue weighted by Gasteiger charge is 2.35. The number of nitrogens with one attached hydrogen (secondary N) is 2. The van der Waals surface area contributed by atoms with Gasteiger partial charge in [0.1, 0.15) is 17.1 Å². The van der Waals surface area contributed by atoms with Crippen LogP contribution in [0.15, 0.2) is 23.0 Å². The van der Waals surface area contributed by atoms with E-state index in [2.05, 4.69) is 15.3 Å². The lowest BCUT2D eigenvalue weighted by Crippen LogP contribution is -2.29. The molecular weight excluding hydrogens is 318 g/mol. The summed E-state index contributed by atoms with van der Waals surface area (Å²) in [6.07, 6.45) is -4.35. The maximum Gasteiger partial charge on any atom is 0.420 e. The largest absolute Gasteiger partial charge is 0.438 e. The summed E-state index contributed by atoms with van der Waals surface area (Å²) < 4.78 is 57.4. The number of benzene rings is 1. The van der Waals surface area contributed by atoms with E-state index in [1.165, 1.54) is 0 Å². The third kappa shape index (κ3) is 3.19. The molecule has 0 radical (unpaired) electrons. The monoisotopic (exact) mass is 329 g/mol. The Bertz CT molecular complexity index is 802. The van der Waals surface area contributed by atoms with Gasteiger partial charge in [0.2, 0.25) is 5.88 Å². The van der Waals surface area contributed by atoms with Crippen LogP contribution in [-0.2, 0) is 19.1 Å². The summed E-state index contributed by atoms with van der Waals surface area (Å²) >= 11 is 0. The van der Waals surface area contributed by atoms with E-state index < -0.39 is 29.0 Å². The van der Waals surface area contributed by atoms with Gasteiger partial charge in [0.15, 0.2) is 0 Å². The van der Waals surface area contributed by atoms with Gasteiger partial charge in [0.05, 0.1) is 0 Å². The van der Waals surface area contributed by atoms with Crippen molar-refractivity contribution in [3.63, 3.8) is 0 Å². The fourth-order valence-corrected chi connectivity index (χ4v) is 2.36. The Morgan fingerprint density at radius 2 is 2.04 bits per heavy atom. The van der Waals surface area contributed by atoms with E-state index in [0.717, 1.165) is 12.1 Å². The van der Waals surface area contributed by atoms with Crippen molar-refractivity contribution in [1.29, 1.82) is 0 Å². The lowest BCUT2D eigenvalue weighted by Gasteiger charge is -2.20. The molecule has 2 heterocycles. The van der Waals surface area contributed by atoms with Crippen LogP contribution in [0, 0.1) is 5.82 Å². The van der Waals surface area contributed by atoms with Crippen LogP contribution >= 0.6 is 0 Å². The number of alkyl halides is 3. The second-order valence-corrected chi connectivity index (χ2v) is 4.97. The Labute approximate surface area is 127 Å². The number of halogens is 4. The zero-order chi connectivity index (χ0) is 16.6. The van der Waals surface area contributed by atoms with E-state index >= 15 is 0 Å².